The number of nitrogens with one attached hydrogen (secondary N) is 3. The first-order valence-corrected chi connectivity index (χ1v) is 12.0. The third-order valence-electron chi connectivity index (χ3n) is 6.26. The highest BCUT2D eigenvalue weighted by molar-refractivity contribution is 6.03. The summed E-state index contributed by atoms with van der Waals surface area (Å²) >= 11 is 0. The predicted octanol–water partition coefficient (Wildman–Crippen LogP) is 4.93. The molecule has 1 amide bonds. The van der Waals surface area contributed by atoms with E-state index in [9.17, 15) is 4.79 Å². The SMILES string of the molecule is CN(C)c1ccc(Nc2cc(NC3CCCCC3)nn3c(C(=O)Nc4ccncc4)cnc23)cc1. The molecule has 0 bridgehead atoms. The molecule has 5 rings (SSSR count). The molecule has 0 atom stereocenters. The number of fused-ring (bicyclic) bond motifs is 1. The zero-order valence-electron chi connectivity index (χ0n) is 20.0. The number of carbonyl (C=O) groups excluding carboxylic acids is 1. The summed E-state index contributed by atoms with van der Waals surface area (Å²) in [5.74, 6) is 0.431. The summed E-state index contributed by atoms with van der Waals surface area (Å²) in [7, 11) is 4.03. The molecule has 1 fully saturated rings. The Kier molecular flexibility index (Phi) is 6.47. The lowest BCUT2D eigenvalue weighted by atomic mass is 9.95. The van der Waals surface area contributed by atoms with E-state index < -0.39 is 0 Å². The van der Waals surface area contributed by atoms with Crippen LogP contribution in [0.15, 0.2) is 61.1 Å². The molecule has 35 heavy (non-hydrogen) atoms. The van der Waals surface area contributed by atoms with Gasteiger partial charge in [0.25, 0.3) is 5.91 Å². The summed E-state index contributed by atoms with van der Waals surface area (Å²) < 4.78 is 1.61. The summed E-state index contributed by atoms with van der Waals surface area (Å²) in [5.41, 5.74) is 4.42. The lowest BCUT2D eigenvalue weighted by molar-refractivity contribution is 0.102. The number of nitrogens with zero attached hydrogens (tertiary/aromatic N) is 5. The molecule has 0 radical (unpaired) electrons. The van der Waals surface area contributed by atoms with Crippen molar-refractivity contribution < 1.29 is 4.79 Å². The molecule has 9 heteroatoms. The average Bonchev–Trinajstić information content (AvgIpc) is 3.30. The van der Waals surface area contributed by atoms with Gasteiger partial charge in [-0.1, -0.05) is 19.3 Å². The van der Waals surface area contributed by atoms with Crippen molar-refractivity contribution in [1.29, 1.82) is 0 Å². The van der Waals surface area contributed by atoms with Crippen LogP contribution in [0.1, 0.15) is 42.6 Å². The lowest BCUT2D eigenvalue weighted by Gasteiger charge is -2.23. The molecule has 1 aliphatic rings. The van der Waals surface area contributed by atoms with E-state index in [1.165, 1.54) is 19.3 Å². The van der Waals surface area contributed by atoms with Gasteiger partial charge in [-0.2, -0.15) is 0 Å². The Morgan fingerprint density at radius 2 is 1.74 bits per heavy atom. The Morgan fingerprint density at radius 3 is 2.46 bits per heavy atom. The molecular formula is C26H30N8O. The number of hydrogen-bond acceptors (Lipinski definition) is 7. The van der Waals surface area contributed by atoms with Gasteiger partial charge in [-0.25, -0.2) is 9.50 Å². The number of benzene rings is 1. The van der Waals surface area contributed by atoms with Crippen molar-refractivity contribution in [1.82, 2.24) is 19.6 Å². The Morgan fingerprint density at radius 1 is 1.00 bits per heavy atom. The molecule has 3 aromatic heterocycles. The van der Waals surface area contributed by atoms with Gasteiger partial charge in [-0.3, -0.25) is 9.78 Å². The highest BCUT2D eigenvalue weighted by Gasteiger charge is 2.19. The summed E-state index contributed by atoms with van der Waals surface area (Å²) in [6.45, 7) is 0. The minimum absolute atomic E-state index is 0.285. The average molecular weight is 471 g/mol. The van der Waals surface area contributed by atoms with Crippen LogP contribution < -0.4 is 20.9 Å². The van der Waals surface area contributed by atoms with E-state index in [0.29, 0.717) is 28.9 Å². The van der Waals surface area contributed by atoms with Crippen LogP contribution in [0.2, 0.25) is 0 Å². The monoisotopic (exact) mass is 470 g/mol. The molecule has 0 unspecified atom stereocenters. The first-order valence-electron chi connectivity index (χ1n) is 12.0. The maximum atomic E-state index is 13.1. The fourth-order valence-corrected chi connectivity index (χ4v) is 4.37. The fraction of sp³-hybridized carbons (Fsp3) is 0.308. The smallest absolute Gasteiger partial charge is 0.276 e. The van der Waals surface area contributed by atoms with E-state index in [-0.39, 0.29) is 5.91 Å². The van der Waals surface area contributed by atoms with Crippen molar-refractivity contribution in [2.45, 2.75) is 38.1 Å². The molecule has 3 heterocycles. The van der Waals surface area contributed by atoms with Gasteiger partial charge in [0.1, 0.15) is 5.82 Å². The van der Waals surface area contributed by atoms with Crippen molar-refractivity contribution in [3.8, 4) is 0 Å². The molecule has 0 saturated heterocycles. The minimum atomic E-state index is -0.285. The van der Waals surface area contributed by atoms with Gasteiger partial charge in [-0.15, -0.1) is 5.10 Å². The number of imidazole rings is 1. The molecule has 1 aromatic carbocycles. The van der Waals surface area contributed by atoms with E-state index in [4.69, 9.17) is 5.10 Å². The Hall–Kier alpha value is -4.14. The highest BCUT2D eigenvalue weighted by Crippen LogP contribution is 2.28. The van der Waals surface area contributed by atoms with Gasteiger partial charge in [0.05, 0.1) is 11.9 Å². The molecule has 1 aliphatic carbocycles. The zero-order chi connectivity index (χ0) is 24.2. The van der Waals surface area contributed by atoms with Gasteiger partial charge in [-0.05, 0) is 49.2 Å². The van der Waals surface area contributed by atoms with E-state index in [1.807, 2.05) is 32.3 Å². The van der Waals surface area contributed by atoms with Crippen molar-refractivity contribution in [3.63, 3.8) is 0 Å². The first kappa shape index (κ1) is 22.6. The highest BCUT2D eigenvalue weighted by atomic mass is 16.2. The van der Waals surface area contributed by atoms with Crippen LogP contribution in [0.5, 0.6) is 0 Å². The maximum absolute atomic E-state index is 13.1. The Balaban J connectivity index is 1.49. The molecule has 3 N–H and O–H groups in total. The molecule has 180 valence electrons. The van der Waals surface area contributed by atoms with Crippen molar-refractivity contribution >= 4 is 40.1 Å². The summed E-state index contributed by atoms with van der Waals surface area (Å²) in [6.07, 6.45) is 10.8. The van der Waals surface area contributed by atoms with Gasteiger partial charge in [0, 0.05) is 55.7 Å². The number of aromatic nitrogens is 4. The van der Waals surface area contributed by atoms with Crippen molar-refractivity contribution in [2.75, 3.05) is 34.9 Å². The summed E-state index contributed by atoms with van der Waals surface area (Å²) in [5, 5.41) is 14.7. The van der Waals surface area contributed by atoms with Crippen LogP contribution in [0.4, 0.5) is 28.6 Å². The number of rotatable bonds is 7. The Labute approximate surface area is 204 Å². The summed E-state index contributed by atoms with van der Waals surface area (Å²) in [4.78, 5) is 23.7. The van der Waals surface area contributed by atoms with Crippen molar-refractivity contribution in [2.24, 2.45) is 0 Å². The third kappa shape index (κ3) is 5.18. The van der Waals surface area contributed by atoms with Gasteiger partial charge < -0.3 is 20.9 Å². The van der Waals surface area contributed by atoms with Crippen LogP contribution in [0, 0.1) is 0 Å². The largest absolute Gasteiger partial charge is 0.378 e. The third-order valence-corrected chi connectivity index (χ3v) is 6.26. The normalized spacial score (nSPS) is 14.0. The standard InChI is InChI=1S/C26H30N8O/c1-33(2)21-10-8-19(9-11-21)29-22-16-24(30-18-6-4-3-5-7-18)32-34-23(17-28-25(22)34)26(35)31-20-12-14-27-15-13-20/h8-18,29H,3-7H2,1-2H3,(H,30,32)(H,27,31,35). The van der Waals surface area contributed by atoms with Gasteiger partial charge in [0.2, 0.25) is 0 Å². The molecular weight excluding hydrogens is 440 g/mol. The van der Waals surface area contributed by atoms with Crippen LogP contribution in [0.25, 0.3) is 5.65 Å². The van der Waals surface area contributed by atoms with Crippen LogP contribution in [0.3, 0.4) is 0 Å². The van der Waals surface area contributed by atoms with Crippen LogP contribution >= 0.6 is 0 Å². The number of pyridine rings is 1. The van der Waals surface area contributed by atoms with Gasteiger partial charge in [0.15, 0.2) is 11.3 Å². The zero-order valence-corrected chi connectivity index (χ0v) is 20.0. The number of amides is 1. The molecule has 9 nitrogen and oxygen atoms in total. The lowest BCUT2D eigenvalue weighted by Crippen LogP contribution is -2.24. The number of hydrogen-bond donors (Lipinski definition) is 3. The minimum Gasteiger partial charge on any atom is -0.378 e. The molecule has 0 spiro atoms. The predicted molar refractivity (Wildman–Crippen MR) is 140 cm³/mol. The summed E-state index contributed by atoms with van der Waals surface area (Å²) in [6, 6.07) is 14.0. The number of anilines is 5. The number of carbonyl (C=O) groups is 1. The van der Waals surface area contributed by atoms with Crippen molar-refractivity contribution in [3.05, 3.63) is 66.7 Å². The van der Waals surface area contributed by atoms with Gasteiger partial charge >= 0.3 is 0 Å². The van der Waals surface area contributed by atoms with E-state index in [0.717, 1.165) is 29.9 Å². The topological polar surface area (TPSA) is 99.5 Å². The molecule has 1 saturated carbocycles. The van der Waals surface area contributed by atoms with E-state index in [2.05, 4.69) is 43.0 Å². The molecule has 0 aliphatic heterocycles. The maximum Gasteiger partial charge on any atom is 0.276 e. The second-order valence-electron chi connectivity index (χ2n) is 9.06. The second kappa shape index (κ2) is 10.0. The molecule has 4 aromatic rings. The first-order chi connectivity index (χ1) is 17.1. The van der Waals surface area contributed by atoms with Crippen LogP contribution in [-0.2, 0) is 0 Å². The fourth-order valence-electron chi connectivity index (χ4n) is 4.37. The van der Waals surface area contributed by atoms with Crippen LogP contribution in [-0.4, -0.2) is 45.6 Å². The van der Waals surface area contributed by atoms with E-state index >= 15 is 0 Å². The Bertz CT molecular complexity index is 1290. The van der Waals surface area contributed by atoms with E-state index in [1.54, 1.807) is 35.2 Å². The second-order valence-corrected chi connectivity index (χ2v) is 9.06. The quantitative estimate of drug-likeness (QED) is 0.352.